The van der Waals surface area contributed by atoms with E-state index in [1.165, 1.54) is 34.8 Å². The molecule has 2 aliphatic heterocycles. The first-order valence-electron chi connectivity index (χ1n) is 11.8. The highest BCUT2D eigenvalue weighted by atomic mass is 32.2. The Bertz CT molecular complexity index is 1160. The number of piperidine rings is 1. The first kappa shape index (κ1) is 24.4. The van der Waals surface area contributed by atoms with Gasteiger partial charge in [-0.2, -0.15) is 4.31 Å². The maximum Gasteiger partial charge on any atom is 0.270 e. The minimum atomic E-state index is -3.86. The first-order valence-corrected chi connectivity index (χ1v) is 13.2. The summed E-state index contributed by atoms with van der Waals surface area (Å²) in [5, 5.41) is 2.80. The van der Waals surface area contributed by atoms with Gasteiger partial charge in [-0.3, -0.25) is 9.59 Å². The molecule has 2 N–H and O–H groups in total. The van der Waals surface area contributed by atoms with E-state index in [2.05, 4.69) is 10.3 Å². The lowest BCUT2D eigenvalue weighted by atomic mass is 9.98. The summed E-state index contributed by atoms with van der Waals surface area (Å²) in [6.07, 6.45) is 6.55. The molecule has 34 heavy (non-hydrogen) atoms. The van der Waals surface area contributed by atoms with E-state index in [0.29, 0.717) is 43.7 Å². The fraction of sp³-hybridized carbons (Fsp3) is 0.500. The molecule has 2 fully saturated rings. The number of aromatic nitrogens is 1. The molecule has 3 heterocycles. The van der Waals surface area contributed by atoms with Gasteiger partial charge in [0.15, 0.2) is 0 Å². The number of aryl methyl sites for hydroxylation is 1. The van der Waals surface area contributed by atoms with E-state index in [0.717, 1.165) is 25.7 Å². The van der Waals surface area contributed by atoms with Gasteiger partial charge in [-0.05, 0) is 62.4 Å². The molecule has 8 nitrogen and oxygen atoms in total. The van der Waals surface area contributed by atoms with Crippen LogP contribution < -0.4 is 5.32 Å². The van der Waals surface area contributed by atoms with Gasteiger partial charge in [-0.1, -0.05) is 12.8 Å². The summed E-state index contributed by atoms with van der Waals surface area (Å²) < 4.78 is 41.2. The molecule has 0 radical (unpaired) electrons. The molecule has 184 valence electrons. The van der Waals surface area contributed by atoms with Crippen molar-refractivity contribution in [3.63, 3.8) is 0 Å². The van der Waals surface area contributed by atoms with Gasteiger partial charge in [0, 0.05) is 38.1 Å². The Morgan fingerprint density at radius 1 is 1.06 bits per heavy atom. The Labute approximate surface area is 199 Å². The summed E-state index contributed by atoms with van der Waals surface area (Å²) in [4.78, 5) is 30.3. The number of nitrogens with one attached hydrogen (secondary N) is 2. The van der Waals surface area contributed by atoms with Crippen LogP contribution in [0.5, 0.6) is 0 Å². The van der Waals surface area contributed by atoms with E-state index in [4.69, 9.17) is 0 Å². The van der Waals surface area contributed by atoms with Gasteiger partial charge in [0.1, 0.15) is 16.4 Å². The maximum atomic E-state index is 13.3. The van der Waals surface area contributed by atoms with E-state index < -0.39 is 15.9 Å². The number of hydrogen-bond acceptors (Lipinski definition) is 4. The molecular formula is C24H31FN4O4S. The Morgan fingerprint density at radius 3 is 2.50 bits per heavy atom. The van der Waals surface area contributed by atoms with Gasteiger partial charge in [0.05, 0.1) is 5.92 Å². The zero-order valence-electron chi connectivity index (χ0n) is 19.3. The Hall–Kier alpha value is -2.72. The van der Waals surface area contributed by atoms with Crippen molar-refractivity contribution in [2.75, 3.05) is 31.5 Å². The molecule has 0 spiro atoms. The van der Waals surface area contributed by atoms with E-state index >= 15 is 0 Å². The molecular weight excluding hydrogens is 459 g/mol. The molecule has 1 atom stereocenters. The monoisotopic (exact) mass is 490 g/mol. The third kappa shape index (κ3) is 5.33. The number of likely N-dealkylation sites (tertiary alicyclic amines) is 1. The molecule has 0 unspecified atom stereocenters. The molecule has 4 rings (SSSR count). The summed E-state index contributed by atoms with van der Waals surface area (Å²) in [5.41, 5.74) is 1.37. The molecule has 0 saturated carbocycles. The lowest BCUT2D eigenvalue weighted by molar-refractivity contribution is -0.120. The normalized spacial score (nSPS) is 20.1. The van der Waals surface area contributed by atoms with Gasteiger partial charge in [0.2, 0.25) is 15.9 Å². The van der Waals surface area contributed by atoms with Gasteiger partial charge in [0.25, 0.3) is 5.91 Å². The minimum absolute atomic E-state index is 0.0288. The van der Waals surface area contributed by atoms with Gasteiger partial charge >= 0.3 is 0 Å². The average molecular weight is 491 g/mol. The number of rotatable bonds is 5. The summed E-state index contributed by atoms with van der Waals surface area (Å²) in [5.74, 6) is -1.38. The Kier molecular flexibility index (Phi) is 7.37. The van der Waals surface area contributed by atoms with Crippen molar-refractivity contribution in [3.05, 3.63) is 47.5 Å². The van der Waals surface area contributed by atoms with E-state index in [1.807, 2.05) is 0 Å². The number of hydrogen-bond donors (Lipinski definition) is 2. The molecule has 2 aromatic rings. The number of carbonyl (C=O) groups excluding carboxylic acids is 2. The predicted molar refractivity (Wildman–Crippen MR) is 126 cm³/mol. The van der Waals surface area contributed by atoms with Crippen molar-refractivity contribution in [1.29, 1.82) is 0 Å². The number of nitrogens with zero attached hydrogens (tertiary/aromatic N) is 2. The third-order valence-corrected chi connectivity index (χ3v) is 8.46. The van der Waals surface area contributed by atoms with Gasteiger partial charge < -0.3 is 15.2 Å². The van der Waals surface area contributed by atoms with E-state index in [-0.39, 0.29) is 34.8 Å². The largest absolute Gasteiger partial charge is 0.356 e. The highest BCUT2D eigenvalue weighted by molar-refractivity contribution is 7.89. The summed E-state index contributed by atoms with van der Waals surface area (Å²) in [6, 6.07) is 5.51. The number of amides is 2. The van der Waals surface area contributed by atoms with E-state index in [1.54, 1.807) is 11.8 Å². The average Bonchev–Trinajstić information content (AvgIpc) is 3.17. The van der Waals surface area contributed by atoms with Crippen LogP contribution in [0.15, 0.2) is 35.4 Å². The highest BCUT2D eigenvalue weighted by Crippen LogP contribution is 2.26. The SMILES string of the molecule is Cc1cc(F)ccc1NC(=O)[C@@H]1CCCN(S(=O)(=O)c2c[nH]c(C(=O)N3CCCCCC3)c2)C1. The molecule has 2 aliphatic rings. The highest BCUT2D eigenvalue weighted by Gasteiger charge is 2.34. The van der Waals surface area contributed by atoms with Crippen LogP contribution in [0.3, 0.4) is 0 Å². The quantitative estimate of drug-likeness (QED) is 0.669. The van der Waals surface area contributed by atoms with Crippen molar-refractivity contribution in [2.24, 2.45) is 5.92 Å². The Morgan fingerprint density at radius 2 is 1.79 bits per heavy atom. The molecule has 2 amide bonds. The second-order valence-electron chi connectivity index (χ2n) is 9.11. The van der Waals surface area contributed by atoms with Crippen molar-refractivity contribution in [1.82, 2.24) is 14.2 Å². The third-order valence-electron chi connectivity index (χ3n) is 6.62. The number of aromatic amines is 1. The lowest BCUT2D eigenvalue weighted by Crippen LogP contribution is -2.43. The van der Waals surface area contributed by atoms with Crippen LogP contribution in [-0.2, 0) is 14.8 Å². The van der Waals surface area contributed by atoms with Gasteiger partial charge in [-0.15, -0.1) is 0 Å². The molecule has 1 aromatic heterocycles. The summed E-state index contributed by atoms with van der Waals surface area (Å²) in [7, 11) is -3.86. The second kappa shape index (κ2) is 10.3. The Balaban J connectivity index is 1.44. The van der Waals surface area contributed by atoms with Crippen LogP contribution in [0.4, 0.5) is 10.1 Å². The first-order chi connectivity index (χ1) is 16.3. The van der Waals surface area contributed by atoms with Crippen LogP contribution in [0, 0.1) is 18.7 Å². The van der Waals surface area contributed by atoms with Crippen LogP contribution in [0.1, 0.15) is 54.6 Å². The number of carbonyl (C=O) groups is 2. The van der Waals surface area contributed by atoms with Crippen molar-refractivity contribution in [2.45, 2.75) is 50.3 Å². The smallest absolute Gasteiger partial charge is 0.270 e. The molecule has 1 aromatic carbocycles. The number of sulfonamides is 1. The zero-order chi connectivity index (χ0) is 24.3. The molecule has 0 aliphatic carbocycles. The summed E-state index contributed by atoms with van der Waals surface area (Å²) >= 11 is 0. The predicted octanol–water partition coefficient (Wildman–Crippen LogP) is 3.52. The number of halogens is 1. The number of anilines is 1. The molecule has 10 heteroatoms. The summed E-state index contributed by atoms with van der Waals surface area (Å²) in [6.45, 7) is 3.41. The second-order valence-corrected chi connectivity index (χ2v) is 11.0. The van der Waals surface area contributed by atoms with Crippen LogP contribution in [0.2, 0.25) is 0 Å². The molecule has 2 saturated heterocycles. The zero-order valence-corrected chi connectivity index (χ0v) is 20.2. The van der Waals surface area contributed by atoms with Gasteiger partial charge in [-0.25, -0.2) is 12.8 Å². The lowest BCUT2D eigenvalue weighted by Gasteiger charge is -2.31. The van der Waals surface area contributed by atoms with Crippen molar-refractivity contribution in [3.8, 4) is 0 Å². The van der Waals surface area contributed by atoms with Crippen LogP contribution in [-0.4, -0.2) is 60.6 Å². The minimum Gasteiger partial charge on any atom is -0.356 e. The van der Waals surface area contributed by atoms with Crippen molar-refractivity contribution >= 4 is 27.5 Å². The standard InChI is InChI=1S/C24H31FN4O4S/c1-17-13-19(25)8-9-21(17)27-23(30)18-7-6-12-29(16-18)34(32,33)20-14-22(26-15-20)24(31)28-10-4-2-3-5-11-28/h8-9,13-15,18,26H,2-7,10-12,16H2,1H3,(H,27,30)/t18-/m1/s1. The van der Waals surface area contributed by atoms with E-state index in [9.17, 15) is 22.4 Å². The fourth-order valence-electron chi connectivity index (χ4n) is 4.62. The maximum absolute atomic E-state index is 13.3. The number of benzene rings is 1. The van der Waals surface area contributed by atoms with Crippen molar-refractivity contribution < 1.29 is 22.4 Å². The number of H-pyrrole nitrogens is 1. The fourth-order valence-corrected chi connectivity index (χ4v) is 6.14. The van der Waals surface area contributed by atoms with Crippen LogP contribution in [0.25, 0.3) is 0 Å². The molecule has 0 bridgehead atoms. The topological polar surface area (TPSA) is 103 Å². The van der Waals surface area contributed by atoms with Crippen LogP contribution >= 0.6 is 0 Å².